The average molecular weight is 423 g/mol. The van der Waals surface area contributed by atoms with E-state index in [0.717, 1.165) is 35.3 Å². The van der Waals surface area contributed by atoms with Crippen molar-refractivity contribution in [3.8, 4) is 5.75 Å². The Hall–Kier alpha value is -2.86. The SMILES string of the molecule is CC(C)c1ccccc1OC[C@@H](O)CN1C(=O)N[C@@](C)(c2ccc3c(c2)CCC3)C1=O. The third-order valence-electron chi connectivity index (χ3n) is 6.32. The van der Waals surface area contributed by atoms with E-state index in [4.69, 9.17) is 4.74 Å². The molecule has 164 valence electrons. The zero-order valence-electron chi connectivity index (χ0n) is 18.4. The molecule has 1 aliphatic heterocycles. The van der Waals surface area contributed by atoms with Gasteiger partial charge in [0.2, 0.25) is 0 Å². The van der Waals surface area contributed by atoms with Crippen LogP contribution in [0.2, 0.25) is 0 Å². The van der Waals surface area contributed by atoms with Gasteiger partial charge < -0.3 is 15.2 Å². The molecule has 2 aromatic rings. The molecule has 0 bridgehead atoms. The molecular formula is C25H30N2O4. The number of rotatable bonds is 7. The summed E-state index contributed by atoms with van der Waals surface area (Å²) in [4.78, 5) is 26.9. The van der Waals surface area contributed by atoms with E-state index >= 15 is 0 Å². The summed E-state index contributed by atoms with van der Waals surface area (Å²) in [5.74, 6) is 0.640. The molecule has 2 atom stereocenters. The molecule has 2 aromatic carbocycles. The number of nitrogens with zero attached hydrogens (tertiary/aromatic N) is 1. The fraction of sp³-hybridized carbons (Fsp3) is 0.440. The molecule has 0 spiro atoms. The van der Waals surface area contributed by atoms with E-state index in [-0.39, 0.29) is 25.0 Å². The molecule has 1 saturated heterocycles. The van der Waals surface area contributed by atoms with E-state index in [0.29, 0.717) is 5.75 Å². The number of ether oxygens (including phenoxy) is 1. The highest BCUT2D eigenvalue weighted by Crippen LogP contribution is 2.33. The highest BCUT2D eigenvalue weighted by molar-refractivity contribution is 6.07. The van der Waals surface area contributed by atoms with E-state index < -0.39 is 17.7 Å². The molecule has 1 heterocycles. The van der Waals surface area contributed by atoms with Gasteiger partial charge in [0.05, 0.1) is 6.54 Å². The van der Waals surface area contributed by atoms with Crippen LogP contribution in [-0.2, 0) is 23.2 Å². The van der Waals surface area contributed by atoms with Gasteiger partial charge in [0.25, 0.3) is 5.91 Å². The smallest absolute Gasteiger partial charge is 0.325 e. The fourth-order valence-electron chi connectivity index (χ4n) is 4.48. The van der Waals surface area contributed by atoms with E-state index in [9.17, 15) is 14.7 Å². The molecule has 6 nitrogen and oxygen atoms in total. The van der Waals surface area contributed by atoms with Crippen molar-refractivity contribution in [3.63, 3.8) is 0 Å². The third-order valence-corrected chi connectivity index (χ3v) is 6.32. The number of aliphatic hydroxyl groups excluding tert-OH is 1. The molecule has 6 heteroatoms. The first kappa shape index (κ1) is 21.4. The van der Waals surface area contributed by atoms with Crippen molar-refractivity contribution in [2.45, 2.75) is 57.6 Å². The maximum absolute atomic E-state index is 13.2. The molecule has 2 N–H and O–H groups in total. The summed E-state index contributed by atoms with van der Waals surface area (Å²) in [6.45, 7) is 5.76. The number of urea groups is 1. The first-order valence-corrected chi connectivity index (χ1v) is 11.0. The van der Waals surface area contributed by atoms with Crippen molar-refractivity contribution in [2.75, 3.05) is 13.2 Å². The minimum absolute atomic E-state index is 0.00362. The van der Waals surface area contributed by atoms with Gasteiger partial charge in [0.15, 0.2) is 0 Å². The number of amides is 3. The van der Waals surface area contributed by atoms with Crippen molar-refractivity contribution >= 4 is 11.9 Å². The predicted octanol–water partition coefficient (Wildman–Crippen LogP) is 3.51. The summed E-state index contributed by atoms with van der Waals surface area (Å²) in [5, 5.41) is 13.3. The largest absolute Gasteiger partial charge is 0.491 e. The number of carbonyl (C=O) groups excluding carboxylic acids is 2. The van der Waals surface area contributed by atoms with E-state index in [1.807, 2.05) is 36.4 Å². The van der Waals surface area contributed by atoms with Crippen molar-refractivity contribution in [1.82, 2.24) is 10.2 Å². The second-order valence-corrected chi connectivity index (χ2v) is 8.97. The number of carbonyl (C=O) groups is 2. The third kappa shape index (κ3) is 4.04. The molecule has 0 saturated carbocycles. The summed E-state index contributed by atoms with van der Waals surface area (Å²) < 4.78 is 5.81. The summed E-state index contributed by atoms with van der Waals surface area (Å²) in [6, 6.07) is 13.2. The molecule has 0 radical (unpaired) electrons. The fourth-order valence-corrected chi connectivity index (χ4v) is 4.48. The molecule has 1 fully saturated rings. The summed E-state index contributed by atoms with van der Waals surface area (Å²) in [7, 11) is 0. The summed E-state index contributed by atoms with van der Waals surface area (Å²) in [5.41, 5.74) is 3.27. The minimum Gasteiger partial charge on any atom is -0.491 e. The lowest BCUT2D eigenvalue weighted by atomic mass is 9.89. The second kappa shape index (κ2) is 8.35. The van der Waals surface area contributed by atoms with Gasteiger partial charge in [-0.1, -0.05) is 50.2 Å². The van der Waals surface area contributed by atoms with Crippen LogP contribution in [-0.4, -0.2) is 41.2 Å². The van der Waals surface area contributed by atoms with Crippen LogP contribution >= 0.6 is 0 Å². The monoisotopic (exact) mass is 422 g/mol. The van der Waals surface area contributed by atoms with Gasteiger partial charge in [-0.2, -0.15) is 0 Å². The zero-order valence-corrected chi connectivity index (χ0v) is 18.4. The Morgan fingerprint density at radius 1 is 1.13 bits per heavy atom. The second-order valence-electron chi connectivity index (χ2n) is 8.97. The highest BCUT2D eigenvalue weighted by Gasteiger charge is 2.49. The van der Waals surface area contributed by atoms with Crippen LogP contribution in [0.15, 0.2) is 42.5 Å². The lowest BCUT2D eigenvalue weighted by molar-refractivity contribution is -0.132. The number of fused-ring (bicyclic) bond motifs is 1. The Labute approximate surface area is 183 Å². The molecule has 4 rings (SSSR count). The van der Waals surface area contributed by atoms with Gasteiger partial charge in [-0.05, 0) is 60.4 Å². The standard InChI is InChI=1S/C25H30N2O4/c1-16(2)21-9-4-5-10-22(21)31-15-20(28)14-27-23(29)25(3,26-24(27)30)19-12-11-17-7-6-8-18(17)13-19/h4-5,9-13,16,20,28H,6-8,14-15H2,1-3H3,(H,26,30)/t20-,25-/m0/s1. The van der Waals surface area contributed by atoms with Gasteiger partial charge >= 0.3 is 6.03 Å². The Morgan fingerprint density at radius 3 is 2.65 bits per heavy atom. The first-order valence-electron chi connectivity index (χ1n) is 11.0. The zero-order chi connectivity index (χ0) is 22.2. The van der Waals surface area contributed by atoms with E-state index in [1.54, 1.807) is 6.92 Å². The number of β-amino-alcohol motifs (C(OH)–C–C–N with tert-alkyl or cyclic N) is 1. The van der Waals surface area contributed by atoms with Crippen LogP contribution < -0.4 is 10.1 Å². The van der Waals surface area contributed by atoms with Crippen LogP contribution in [0.4, 0.5) is 4.79 Å². The maximum atomic E-state index is 13.2. The molecule has 0 unspecified atom stereocenters. The van der Waals surface area contributed by atoms with Gasteiger partial charge in [-0.25, -0.2) is 4.79 Å². The Kier molecular flexibility index (Phi) is 5.75. The lowest BCUT2D eigenvalue weighted by Crippen LogP contribution is -2.42. The Balaban J connectivity index is 1.43. The normalized spacial score (nSPS) is 21.4. The maximum Gasteiger partial charge on any atom is 0.325 e. The summed E-state index contributed by atoms with van der Waals surface area (Å²) >= 11 is 0. The number of hydrogen-bond acceptors (Lipinski definition) is 4. The molecule has 3 amide bonds. The van der Waals surface area contributed by atoms with Gasteiger partial charge in [0, 0.05) is 0 Å². The highest BCUT2D eigenvalue weighted by atomic mass is 16.5. The van der Waals surface area contributed by atoms with Crippen molar-refractivity contribution in [1.29, 1.82) is 0 Å². The topological polar surface area (TPSA) is 78.9 Å². The van der Waals surface area contributed by atoms with Gasteiger partial charge in [0.1, 0.15) is 24.0 Å². The summed E-state index contributed by atoms with van der Waals surface area (Å²) in [6.07, 6.45) is 2.19. The van der Waals surface area contributed by atoms with Crippen LogP contribution in [0, 0.1) is 0 Å². The van der Waals surface area contributed by atoms with Crippen LogP contribution in [0.3, 0.4) is 0 Å². The number of benzene rings is 2. The predicted molar refractivity (Wildman–Crippen MR) is 118 cm³/mol. The number of imide groups is 1. The number of aryl methyl sites for hydroxylation is 2. The average Bonchev–Trinajstić information content (AvgIpc) is 3.30. The number of nitrogens with one attached hydrogen (secondary N) is 1. The molecule has 1 aliphatic carbocycles. The first-order chi connectivity index (χ1) is 14.8. The Bertz CT molecular complexity index is 1000. The lowest BCUT2D eigenvalue weighted by Gasteiger charge is -2.24. The van der Waals surface area contributed by atoms with E-state index in [2.05, 4.69) is 25.2 Å². The number of aliphatic hydroxyl groups is 1. The number of hydrogen-bond donors (Lipinski definition) is 2. The molecular weight excluding hydrogens is 392 g/mol. The van der Waals surface area contributed by atoms with Crippen LogP contribution in [0.25, 0.3) is 0 Å². The van der Waals surface area contributed by atoms with Crippen molar-refractivity contribution < 1.29 is 19.4 Å². The molecule has 0 aromatic heterocycles. The number of para-hydroxylation sites is 1. The Morgan fingerprint density at radius 2 is 1.87 bits per heavy atom. The quantitative estimate of drug-likeness (QED) is 0.670. The van der Waals surface area contributed by atoms with Crippen LogP contribution in [0.1, 0.15) is 55.4 Å². The molecule has 2 aliphatic rings. The van der Waals surface area contributed by atoms with Crippen molar-refractivity contribution in [3.05, 3.63) is 64.7 Å². The van der Waals surface area contributed by atoms with Crippen LogP contribution in [0.5, 0.6) is 5.75 Å². The van der Waals surface area contributed by atoms with Gasteiger partial charge in [-0.15, -0.1) is 0 Å². The minimum atomic E-state index is -1.13. The van der Waals surface area contributed by atoms with Gasteiger partial charge in [-0.3, -0.25) is 9.69 Å². The molecule has 31 heavy (non-hydrogen) atoms. The van der Waals surface area contributed by atoms with E-state index in [1.165, 1.54) is 11.1 Å². The van der Waals surface area contributed by atoms with Crippen molar-refractivity contribution in [2.24, 2.45) is 0 Å².